The van der Waals surface area contributed by atoms with Gasteiger partial charge in [0.05, 0.1) is 26.4 Å². The topological polar surface area (TPSA) is 231 Å². The summed E-state index contributed by atoms with van der Waals surface area (Å²) in [5.74, 6) is -1.74. The summed E-state index contributed by atoms with van der Waals surface area (Å²) in [5, 5.41) is 20.6. The molecule has 16 nitrogen and oxygen atoms in total. The number of allylic oxidation sites excluding steroid dienone is 32. The third kappa shape index (κ3) is 71.5. The number of carbonyl (C=O) groups excluding carboxylic acids is 3. The molecule has 18 heteroatoms. The van der Waals surface area contributed by atoms with Gasteiger partial charge in [0.2, 0.25) is 0 Å². The van der Waals surface area contributed by atoms with Gasteiger partial charge in [-0.2, -0.15) is 0 Å². The minimum Gasteiger partial charge on any atom is -0.463 e. The molecule has 0 aliphatic heterocycles. The number of ether oxygens (including phenoxy) is 3. The fraction of sp³-hybridized carbons (Fsp3) is 0.557. The summed E-state index contributed by atoms with van der Waals surface area (Å²) in [6.07, 6.45) is 90.6. The van der Waals surface area contributed by atoms with E-state index in [0.29, 0.717) is 25.7 Å². The summed E-state index contributed by atoms with van der Waals surface area (Å²) in [6, 6.07) is 0. The number of carbonyl (C=O) groups is 3. The highest BCUT2D eigenvalue weighted by Crippen LogP contribution is 2.45. The van der Waals surface area contributed by atoms with Crippen molar-refractivity contribution in [1.82, 2.24) is 0 Å². The number of aliphatic hydroxyl groups is 2. The Bertz CT molecular complexity index is 2540. The summed E-state index contributed by atoms with van der Waals surface area (Å²) in [5.41, 5.74) is 0. The van der Waals surface area contributed by atoms with Gasteiger partial charge in [-0.3, -0.25) is 32.5 Å². The minimum atomic E-state index is -4.97. The molecule has 0 aliphatic carbocycles. The van der Waals surface area contributed by atoms with Crippen molar-refractivity contribution in [3.63, 3.8) is 0 Å². The van der Waals surface area contributed by atoms with Crippen molar-refractivity contribution in [2.75, 3.05) is 39.6 Å². The van der Waals surface area contributed by atoms with Crippen LogP contribution in [0.5, 0.6) is 0 Å². The Balaban J connectivity index is 4.81. The first-order chi connectivity index (χ1) is 47.2. The van der Waals surface area contributed by atoms with E-state index in [1.54, 1.807) is 0 Å². The van der Waals surface area contributed by atoms with Crippen LogP contribution in [0, 0.1) is 0 Å². The number of hydrogen-bond donors (Lipinski definition) is 4. The molecule has 0 bridgehead atoms. The molecule has 0 heterocycles. The Morgan fingerprint density at radius 1 is 0.289 bits per heavy atom. The maximum absolute atomic E-state index is 12.9. The van der Waals surface area contributed by atoms with Crippen LogP contribution in [-0.2, 0) is 55.8 Å². The van der Waals surface area contributed by atoms with E-state index in [1.807, 2.05) is 18.2 Å². The van der Waals surface area contributed by atoms with Gasteiger partial charge in [0.15, 0.2) is 6.10 Å². The van der Waals surface area contributed by atoms with Gasteiger partial charge in [0, 0.05) is 19.3 Å². The molecule has 0 saturated heterocycles. The molecule has 4 N–H and O–H groups in total. The molecule has 546 valence electrons. The standard InChI is InChI=1S/C79H124O16P2/c1-4-7-10-13-16-19-22-25-28-31-34-35-36-37-40-42-44-47-50-53-56-59-62-65-77(82)89-68-74(80)69-91-96(85,86)92-70-75(81)71-93-97(87,88)94-73-76(95-79(84)67-64-61-58-55-52-49-46-43-39-33-30-27-24-21-18-15-12-9-6-3)72-90-78(83)66-63-60-57-54-51-48-45-41-38-32-29-26-23-20-17-14-11-8-5-2/h7-12,16-21,25-30,34-35,37-41,43,48-49,51-52,57,60,74-76,80-81H,4-6,13-15,22-24,31-33,36,42,44-47,50,53-56,58-59,61-73H2,1-3H3,(H,85,86)(H,87,88)/b10-7-,11-8-,12-9-,19-16-,20-17-,21-18-,28-25-,29-26-,30-27-,35-34-,40-37-,41-38-,43-39-,51-48-,52-49-,60-57-. The van der Waals surface area contributed by atoms with Crippen molar-refractivity contribution in [1.29, 1.82) is 0 Å². The Hall–Kier alpha value is -5.61. The number of phosphoric acid groups is 2. The number of hydrogen-bond acceptors (Lipinski definition) is 14. The van der Waals surface area contributed by atoms with Gasteiger partial charge in [-0.15, -0.1) is 0 Å². The van der Waals surface area contributed by atoms with E-state index >= 15 is 0 Å². The lowest BCUT2D eigenvalue weighted by atomic mass is 10.1. The van der Waals surface area contributed by atoms with Crippen LogP contribution in [0.4, 0.5) is 0 Å². The van der Waals surface area contributed by atoms with Crippen molar-refractivity contribution in [2.45, 2.75) is 245 Å². The van der Waals surface area contributed by atoms with Crippen LogP contribution in [0.15, 0.2) is 194 Å². The molecule has 0 aliphatic rings. The largest absolute Gasteiger partial charge is 0.472 e. The van der Waals surface area contributed by atoms with E-state index in [-0.39, 0.29) is 19.3 Å². The first-order valence-corrected chi connectivity index (χ1v) is 38.7. The summed E-state index contributed by atoms with van der Waals surface area (Å²) in [7, 11) is -9.84. The van der Waals surface area contributed by atoms with Gasteiger partial charge in [0.1, 0.15) is 25.4 Å². The van der Waals surface area contributed by atoms with E-state index in [0.717, 1.165) is 161 Å². The number of rotatable bonds is 65. The maximum atomic E-state index is 12.9. The van der Waals surface area contributed by atoms with E-state index in [9.17, 15) is 43.5 Å². The zero-order valence-electron chi connectivity index (χ0n) is 59.2. The zero-order valence-corrected chi connectivity index (χ0v) is 60.9. The van der Waals surface area contributed by atoms with Crippen molar-refractivity contribution in [2.24, 2.45) is 0 Å². The quantitative estimate of drug-likeness (QED) is 0.0146. The Kier molecular flexibility index (Phi) is 66.2. The molecule has 0 radical (unpaired) electrons. The van der Waals surface area contributed by atoms with Crippen LogP contribution in [-0.4, -0.2) is 95.9 Å². The fourth-order valence-corrected chi connectivity index (χ4v) is 10.1. The van der Waals surface area contributed by atoms with Crippen molar-refractivity contribution in [3.8, 4) is 0 Å². The smallest absolute Gasteiger partial charge is 0.463 e. The second-order valence-electron chi connectivity index (χ2n) is 22.9. The molecule has 0 amide bonds. The van der Waals surface area contributed by atoms with E-state index in [2.05, 4.69) is 197 Å². The van der Waals surface area contributed by atoms with Crippen LogP contribution in [0.25, 0.3) is 0 Å². The molecular weight excluding hydrogens is 1270 g/mol. The average molecular weight is 1390 g/mol. The summed E-state index contributed by atoms with van der Waals surface area (Å²) in [4.78, 5) is 58.5. The molecule has 0 saturated carbocycles. The van der Waals surface area contributed by atoms with Gasteiger partial charge in [-0.05, 0) is 148 Å². The van der Waals surface area contributed by atoms with Gasteiger partial charge in [-0.1, -0.05) is 254 Å². The van der Waals surface area contributed by atoms with E-state index in [4.69, 9.17) is 32.3 Å². The third-order valence-corrected chi connectivity index (χ3v) is 15.7. The normalized spacial score (nSPS) is 15.2. The average Bonchev–Trinajstić information content (AvgIpc) is 1.62. The zero-order chi connectivity index (χ0) is 70.9. The highest BCUT2D eigenvalue weighted by atomic mass is 31.2. The van der Waals surface area contributed by atoms with Crippen LogP contribution in [0.3, 0.4) is 0 Å². The molecule has 0 fully saturated rings. The molecule has 5 unspecified atom stereocenters. The van der Waals surface area contributed by atoms with Crippen LogP contribution >= 0.6 is 15.6 Å². The molecule has 0 aromatic carbocycles. The molecule has 0 spiro atoms. The second-order valence-corrected chi connectivity index (χ2v) is 25.8. The maximum Gasteiger partial charge on any atom is 0.472 e. The summed E-state index contributed by atoms with van der Waals surface area (Å²) >= 11 is 0. The Morgan fingerprint density at radius 3 is 0.887 bits per heavy atom. The summed E-state index contributed by atoms with van der Waals surface area (Å²) < 4.78 is 60.9. The van der Waals surface area contributed by atoms with Crippen LogP contribution in [0.2, 0.25) is 0 Å². The van der Waals surface area contributed by atoms with Crippen LogP contribution < -0.4 is 0 Å². The number of esters is 3. The Morgan fingerprint density at radius 2 is 0.536 bits per heavy atom. The first kappa shape index (κ1) is 91.4. The Labute approximate surface area is 585 Å². The molecule has 5 atom stereocenters. The van der Waals surface area contributed by atoms with Crippen LogP contribution in [0.1, 0.15) is 226 Å². The highest BCUT2D eigenvalue weighted by molar-refractivity contribution is 7.47. The van der Waals surface area contributed by atoms with Gasteiger partial charge >= 0.3 is 33.6 Å². The predicted molar refractivity (Wildman–Crippen MR) is 398 cm³/mol. The van der Waals surface area contributed by atoms with Crippen molar-refractivity contribution >= 4 is 33.6 Å². The van der Waals surface area contributed by atoms with E-state index < -0.39 is 91.5 Å². The predicted octanol–water partition coefficient (Wildman–Crippen LogP) is 20.4. The van der Waals surface area contributed by atoms with Crippen molar-refractivity contribution in [3.05, 3.63) is 194 Å². The monoisotopic (exact) mass is 1390 g/mol. The van der Waals surface area contributed by atoms with Gasteiger partial charge < -0.3 is 34.2 Å². The van der Waals surface area contributed by atoms with Gasteiger partial charge in [0.25, 0.3) is 0 Å². The number of unbranched alkanes of at least 4 members (excludes halogenated alkanes) is 10. The first-order valence-electron chi connectivity index (χ1n) is 35.7. The SMILES string of the molecule is CC/C=C\C/C=C\C/C=C\C/C=C\C/C=C\C/C=C\CCC(=O)OCC(COP(=O)(O)OCC(O)COP(=O)(O)OCC(O)COC(=O)CCCCCCCCC/C=C\C/C=C\C/C=C\C/C=C\C/C=C\CC)OC(=O)CCCCC/C=C\C/C=C\C/C=C\C/C=C\C/C=C\CC. The lowest BCUT2D eigenvalue weighted by Gasteiger charge is -2.21. The molecule has 0 aromatic rings. The fourth-order valence-electron chi connectivity index (χ4n) is 8.47. The third-order valence-electron chi connectivity index (χ3n) is 13.8. The number of aliphatic hydroxyl groups excluding tert-OH is 2. The molecule has 0 aromatic heterocycles. The second kappa shape index (κ2) is 70.3. The number of phosphoric ester groups is 2. The summed E-state index contributed by atoms with van der Waals surface area (Å²) in [6.45, 7) is 2.14. The lowest BCUT2D eigenvalue weighted by Crippen LogP contribution is -2.30. The van der Waals surface area contributed by atoms with Crippen molar-refractivity contribution < 1.29 is 75.8 Å². The lowest BCUT2D eigenvalue weighted by molar-refractivity contribution is -0.161. The van der Waals surface area contributed by atoms with Gasteiger partial charge in [-0.25, -0.2) is 9.13 Å². The molecular formula is C79H124O16P2. The molecule has 0 rings (SSSR count). The van der Waals surface area contributed by atoms with E-state index in [1.165, 1.54) is 0 Å². The highest BCUT2D eigenvalue weighted by Gasteiger charge is 2.29. The molecule has 97 heavy (non-hydrogen) atoms. The minimum absolute atomic E-state index is 0.0285.